The van der Waals surface area contributed by atoms with Gasteiger partial charge in [-0.15, -0.1) is 0 Å². The average molecular weight is 330 g/mol. The smallest absolute Gasteiger partial charge is 0.261 e. The van der Waals surface area contributed by atoms with Gasteiger partial charge in [-0.3, -0.25) is 9.36 Å². The van der Waals surface area contributed by atoms with Crippen LogP contribution >= 0.6 is 15.9 Å². The third-order valence-corrected chi connectivity index (χ3v) is 3.87. The molecule has 5 heteroatoms. The van der Waals surface area contributed by atoms with Crippen LogP contribution in [0.2, 0.25) is 0 Å². The molecule has 0 spiro atoms. The minimum absolute atomic E-state index is 0.0444. The second-order valence-electron chi connectivity index (χ2n) is 4.55. The highest BCUT2D eigenvalue weighted by molar-refractivity contribution is 9.10. The molecule has 3 aromatic rings. The highest BCUT2D eigenvalue weighted by Crippen LogP contribution is 2.20. The first-order chi connectivity index (χ1) is 9.65. The highest BCUT2D eigenvalue weighted by atomic mass is 79.9. The predicted molar refractivity (Wildman–Crippen MR) is 83.7 cm³/mol. The first-order valence-electron chi connectivity index (χ1n) is 6.13. The lowest BCUT2D eigenvalue weighted by molar-refractivity contribution is 0.748. The Labute approximate surface area is 124 Å². The van der Waals surface area contributed by atoms with Crippen LogP contribution in [-0.4, -0.2) is 9.55 Å². The van der Waals surface area contributed by atoms with Gasteiger partial charge in [0, 0.05) is 10.2 Å². The number of nitrogen functional groups attached to an aromatic ring is 1. The molecule has 2 aromatic carbocycles. The van der Waals surface area contributed by atoms with Crippen molar-refractivity contribution in [2.45, 2.75) is 6.54 Å². The number of benzene rings is 2. The van der Waals surface area contributed by atoms with Crippen molar-refractivity contribution >= 4 is 32.5 Å². The number of para-hydroxylation sites is 1. The zero-order chi connectivity index (χ0) is 14.1. The molecule has 1 aromatic heterocycles. The molecule has 0 aliphatic rings. The summed E-state index contributed by atoms with van der Waals surface area (Å²) in [5.74, 6) is 0. The number of rotatable bonds is 2. The van der Waals surface area contributed by atoms with Gasteiger partial charge in [0.05, 0.1) is 23.8 Å². The number of hydrogen-bond donors (Lipinski definition) is 1. The van der Waals surface area contributed by atoms with Gasteiger partial charge in [-0.05, 0) is 45.8 Å². The quantitative estimate of drug-likeness (QED) is 0.735. The third-order valence-electron chi connectivity index (χ3n) is 3.14. The fourth-order valence-corrected chi connectivity index (χ4v) is 2.35. The Morgan fingerprint density at radius 2 is 2.00 bits per heavy atom. The summed E-state index contributed by atoms with van der Waals surface area (Å²) in [5.41, 5.74) is 8.14. The molecule has 0 amide bonds. The van der Waals surface area contributed by atoms with E-state index in [1.54, 1.807) is 17.0 Å². The maximum absolute atomic E-state index is 12.4. The van der Waals surface area contributed by atoms with Gasteiger partial charge in [0.2, 0.25) is 0 Å². The van der Waals surface area contributed by atoms with E-state index in [-0.39, 0.29) is 5.56 Å². The molecular weight excluding hydrogens is 318 g/mol. The number of nitrogens with two attached hydrogens (primary N) is 1. The molecule has 3 rings (SSSR count). The first-order valence-corrected chi connectivity index (χ1v) is 6.92. The molecule has 0 aliphatic carbocycles. The van der Waals surface area contributed by atoms with Crippen LogP contribution in [-0.2, 0) is 6.54 Å². The van der Waals surface area contributed by atoms with Gasteiger partial charge in [-0.1, -0.05) is 18.2 Å². The van der Waals surface area contributed by atoms with E-state index in [4.69, 9.17) is 5.73 Å². The molecule has 0 atom stereocenters. The summed E-state index contributed by atoms with van der Waals surface area (Å²) in [5, 5.41) is 0.625. The zero-order valence-corrected chi connectivity index (χ0v) is 12.2. The fraction of sp³-hybridized carbons (Fsp3) is 0.0667. The molecule has 0 bridgehead atoms. The minimum atomic E-state index is -0.0444. The Kier molecular flexibility index (Phi) is 3.28. The Balaban J connectivity index is 2.04. The SMILES string of the molecule is Nc1cc(Cn2cnc3ccccc3c2=O)ccc1Br. The van der Waals surface area contributed by atoms with Crippen LogP contribution in [0.4, 0.5) is 5.69 Å². The Morgan fingerprint density at radius 1 is 1.20 bits per heavy atom. The Hall–Kier alpha value is -2.14. The average Bonchev–Trinajstić information content (AvgIpc) is 2.46. The van der Waals surface area contributed by atoms with Crippen molar-refractivity contribution in [1.29, 1.82) is 0 Å². The van der Waals surface area contributed by atoms with Gasteiger partial charge in [0.1, 0.15) is 0 Å². The summed E-state index contributed by atoms with van der Waals surface area (Å²) in [6.07, 6.45) is 1.57. The van der Waals surface area contributed by atoms with Crippen LogP contribution in [0.5, 0.6) is 0 Å². The van der Waals surface area contributed by atoms with Gasteiger partial charge < -0.3 is 5.73 Å². The molecule has 1 heterocycles. The first kappa shape index (κ1) is 12.9. The van der Waals surface area contributed by atoms with E-state index in [0.717, 1.165) is 10.0 Å². The monoisotopic (exact) mass is 329 g/mol. The molecule has 20 heavy (non-hydrogen) atoms. The summed E-state index contributed by atoms with van der Waals surface area (Å²) in [7, 11) is 0. The normalized spacial score (nSPS) is 10.8. The van der Waals surface area contributed by atoms with E-state index in [1.165, 1.54) is 0 Å². The molecule has 0 fully saturated rings. The summed E-state index contributed by atoms with van der Waals surface area (Å²) in [6, 6.07) is 13.0. The molecule has 0 aliphatic heterocycles. The van der Waals surface area contributed by atoms with Crippen LogP contribution in [0.15, 0.2) is 58.1 Å². The Bertz CT molecular complexity index is 842. The molecule has 0 saturated heterocycles. The van der Waals surface area contributed by atoms with E-state index >= 15 is 0 Å². The van der Waals surface area contributed by atoms with E-state index < -0.39 is 0 Å². The fourth-order valence-electron chi connectivity index (χ4n) is 2.11. The van der Waals surface area contributed by atoms with Crippen molar-refractivity contribution in [3.05, 3.63) is 69.2 Å². The number of aromatic nitrogens is 2. The van der Waals surface area contributed by atoms with Crippen molar-refractivity contribution in [2.24, 2.45) is 0 Å². The third kappa shape index (κ3) is 2.32. The van der Waals surface area contributed by atoms with Crippen LogP contribution in [0.1, 0.15) is 5.56 Å². The number of nitrogens with zero attached hydrogens (tertiary/aromatic N) is 2. The van der Waals surface area contributed by atoms with Crippen LogP contribution in [0.25, 0.3) is 10.9 Å². The van der Waals surface area contributed by atoms with Gasteiger partial charge in [-0.2, -0.15) is 0 Å². The number of halogens is 1. The van der Waals surface area contributed by atoms with Gasteiger partial charge in [0.15, 0.2) is 0 Å². The molecule has 0 saturated carbocycles. The Morgan fingerprint density at radius 3 is 2.80 bits per heavy atom. The van der Waals surface area contributed by atoms with Crippen LogP contribution < -0.4 is 11.3 Å². The van der Waals surface area contributed by atoms with Crippen LogP contribution in [0.3, 0.4) is 0 Å². The molecule has 0 unspecified atom stereocenters. The van der Waals surface area contributed by atoms with E-state index in [2.05, 4.69) is 20.9 Å². The molecule has 0 radical (unpaired) electrons. The minimum Gasteiger partial charge on any atom is -0.398 e. The van der Waals surface area contributed by atoms with E-state index in [0.29, 0.717) is 23.1 Å². The molecule has 4 nitrogen and oxygen atoms in total. The predicted octanol–water partition coefficient (Wildman–Crippen LogP) is 2.79. The lowest BCUT2D eigenvalue weighted by Gasteiger charge is -2.08. The van der Waals surface area contributed by atoms with E-state index in [1.807, 2.05) is 36.4 Å². The number of hydrogen-bond acceptors (Lipinski definition) is 3. The van der Waals surface area contributed by atoms with Crippen molar-refractivity contribution in [3.8, 4) is 0 Å². The molecule has 2 N–H and O–H groups in total. The summed E-state index contributed by atoms with van der Waals surface area (Å²) < 4.78 is 2.44. The lowest BCUT2D eigenvalue weighted by atomic mass is 10.2. The second-order valence-corrected chi connectivity index (χ2v) is 5.40. The number of anilines is 1. The summed E-state index contributed by atoms with van der Waals surface area (Å²) >= 11 is 3.36. The van der Waals surface area contributed by atoms with Crippen molar-refractivity contribution in [3.63, 3.8) is 0 Å². The van der Waals surface area contributed by atoms with Gasteiger partial charge >= 0.3 is 0 Å². The summed E-state index contributed by atoms with van der Waals surface area (Å²) in [6.45, 7) is 0.453. The highest BCUT2D eigenvalue weighted by Gasteiger charge is 2.05. The zero-order valence-electron chi connectivity index (χ0n) is 10.6. The maximum Gasteiger partial charge on any atom is 0.261 e. The van der Waals surface area contributed by atoms with Gasteiger partial charge in [0.25, 0.3) is 5.56 Å². The van der Waals surface area contributed by atoms with Crippen molar-refractivity contribution in [1.82, 2.24) is 9.55 Å². The molecule has 100 valence electrons. The maximum atomic E-state index is 12.4. The van der Waals surface area contributed by atoms with Crippen LogP contribution in [0, 0.1) is 0 Å². The largest absolute Gasteiger partial charge is 0.398 e. The topological polar surface area (TPSA) is 60.9 Å². The summed E-state index contributed by atoms with van der Waals surface area (Å²) in [4.78, 5) is 16.7. The van der Waals surface area contributed by atoms with E-state index in [9.17, 15) is 4.79 Å². The second kappa shape index (κ2) is 5.09. The number of fused-ring (bicyclic) bond motifs is 1. The van der Waals surface area contributed by atoms with Crippen molar-refractivity contribution in [2.75, 3.05) is 5.73 Å². The standard InChI is InChI=1S/C15H12BrN3O/c16-12-6-5-10(7-13(12)17)8-19-9-18-14-4-2-1-3-11(14)15(19)20/h1-7,9H,8,17H2. The molecular formula is C15H12BrN3O. The van der Waals surface area contributed by atoms with Crippen molar-refractivity contribution < 1.29 is 0 Å². The van der Waals surface area contributed by atoms with Gasteiger partial charge in [-0.25, -0.2) is 4.98 Å². The lowest BCUT2D eigenvalue weighted by Crippen LogP contribution is -2.21.